The molecule has 3 N–H and O–H groups in total. The number of anilines is 2. The van der Waals surface area contributed by atoms with Crippen molar-refractivity contribution in [2.45, 2.75) is 6.54 Å². The molecule has 36 heavy (non-hydrogen) atoms. The molecule has 3 heterocycles. The largest absolute Gasteiger partial charge is 0.497 e. The van der Waals surface area contributed by atoms with Crippen LogP contribution in [0.1, 0.15) is 15.2 Å². The molecular weight excluding hydrogens is 501 g/mol. The molecule has 0 atom stereocenters. The molecule has 0 aliphatic heterocycles. The molecule has 0 saturated carbocycles. The lowest BCUT2D eigenvalue weighted by Gasteiger charge is -2.05. The zero-order chi connectivity index (χ0) is 25.1. The third kappa shape index (κ3) is 5.23. The Morgan fingerprint density at radius 1 is 1.14 bits per heavy atom. The molecule has 8 nitrogen and oxygen atoms in total. The van der Waals surface area contributed by atoms with Crippen molar-refractivity contribution < 1.29 is 19.0 Å². The average Bonchev–Trinajstić information content (AvgIpc) is 3.57. The van der Waals surface area contributed by atoms with Gasteiger partial charge in [-0.2, -0.15) is 5.10 Å². The van der Waals surface area contributed by atoms with E-state index in [-0.39, 0.29) is 18.2 Å². The predicted molar refractivity (Wildman–Crippen MR) is 141 cm³/mol. The van der Waals surface area contributed by atoms with Gasteiger partial charge >= 0.3 is 0 Å². The Morgan fingerprint density at radius 2 is 1.92 bits per heavy atom. The molecule has 1 amide bonds. The van der Waals surface area contributed by atoms with E-state index in [2.05, 4.69) is 20.7 Å². The molecule has 0 unspecified atom stereocenters. The van der Waals surface area contributed by atoms with Crippen LogP contribution in [0.15, 0.2) is 60.8 Å². The molecule has 3 aromatic heterocycles. The van der Waals surface area contributed by atoms with E-state index in [4.69, 9.17) is 9.84 Å². The van der Waals surface area contributed by atoms with E-state index in [9.17, 15) is 9.18 Å². The minimum atomic E-state index is -0.417. The van der Waals surface area contributed by atoms with E-state index < -0.39 is 5.82 Å². The molecule has 5 aromatic rings. The van der Waals surface area contributed by atoms with Gasteiger partial charge < -0.3 is 20.5 Å². The van der Waals surface area contributed by atoms with Crippen LogP contribution in [-0.4, -0.2) is 46.0 Å². The molecule has 0 bridgehead atoms. The normalized spacial score (nSPS) is 11.1. The number of aliphatic hydroxyl groups excluding tert-OH is 1. The minimum Gasteiger partial charge on any atom is -0.497 e. The first-order valence-corrected chi connectivity index (χ1v) is 12.7. The smallest absolute Gasteiger partial charge is 0.265 e. The number of hydrogen-bond donors (Lipinski definition) is 3. The second kappa shape index (κ2) is 10.4. The van der Waals surface area contributed by atoms with Crippen LogP contribution in [0.4, 0.5) is 15.2 Å². The van der Waals surface area contributed by atoms with Gasteiger partial charge in [0, 0.05) is 17.8 Å². The van der Waals surface area contributed by atoms with Gasteiger partial charge in [0.15, 0.2) is 10.9 Å². The number of thiophene rings is 1. The maximum absolute atomic E-state index is 14.6. The fraction of sp³-hybridized carbons (Fsp3) is 0.160. The summed E-state index contributed by atoms with van der Waals surface area (Å²) in [6.45, 7) is 0.885. The van der Waals surface area contributed by atoms with Crippen molar-refractivity contribution >= 4 is 48.9 Å². The Morgan fingerprint density at radius 3 is 2.61 bits per heavy atom. The van der Waals surface area contributed by atoms with Crippen LogP contribution < -0.4 is 15.4 Å². The molecule has 0 fully saturated rings. The number of nitrogens with zero attached hydrogens (tertiary/aromatic N) is 3. The highest BCUT2D eigenvalue weighted by molar-refractivity contribution is 7.29. The number of methoxy groups -OCH3 is 1. The van der Waals surface area contributed by atoms with Gasteiger partial charge in [-0.3, -0.25) is 9.48 Å². The summed E-state index contributed by atoms with van der Waals surface area (Å²) in [5.74, 6) is 0.103. The van der Waals surface area contributed by atoms with Crippen molar-refractivity contribution in [1.82, 2.24) is 14.8 Å². The zero-order valence-electron chi connectivity index (χ0n) is 19.2. The van der Waals surface area contributed by atoms with Gasteiger partial charge in [0.05, 0.1) is 36.0 Å². The first-order valence-electron chi connectivity index (χ1n) is 11.0. The van der Waals surface area contributed by atoms with E-state index >= 15 is 0 Å². The van der Waals surface area contributed by atoms with Gasteiger partial charge in [0.25, 0.3) is 5.91 Å². The van der Waals surface area contributed by atoms with Gasteiger partial charge in [-0.15, -0.1) is 11.3 Å². The van der Waals surface area contributed by atoms with Crippen LogP contribution in [0.5, 0.6) is 5.75 Å². The molecular formula is C25H22FN5O3S2. The average molecular weight is 524 g/mol. The van der Waals surface area contributed by atoms with Crippen molar-refractivity contribution in [2.75, 3.05) is 30.9 Å². The van der Waals surface area contributed by atoms with E-state index in [1.54, 1.807) is 42.1 Å². The minimum absolute atomic E-state index is 0.0257. The van der Waals surface area contributed by atoms with Crippen LogP contribution in [0.25, 0.3) is 20.8 Å². The number of aromatic nitrogens is 3. The summed E-state index contributed by atoms with van der Waals surface area (Å²) < 4.78 is 22.3. The number of halogens is 1. The molecule has 11 heteroatoms. The lowest BCUT2D eigenvalue weighted by molar-refractivity contribution is 0.103. The molecule has 0 aliphatic carbocycles. The molecule has 0 radical (unpaired) electrons. The summed E-state index contributed by atoms with van der Waals surface area (Å²) in [4.78, 5) is 18.5. The number of nitrogens with one attached hydrogen (secondary N) is 2. The molecule has 0 aliphatic rings. The number of ether oxygens (including phenoxy) is 1. The van der Waals surface area contributed by atoms with Gasteiger partial charge in [-0.05, 0) is 35.9 Å². The predicted octanol–water partition coefficient (Wildman–Crippen LogP) is 5.07. The summed E-state index contributed by atoms with van der Waals surface area (Å²) in [6.07, 6.45) is 1.37. The molecule has 184 valence electrons. The first kappa shape index (κ1) is 23.9. The van der Waals surface area contributed by atoms with E-state index in [0.717, 1.165) is 20.8 Å². The van der Waals surface area contributed by atoms with Crippen molar-refractivity contribution in [3.05, 3.63) is 77.1 Å². The van der Waals surface area contributed by atoms with Crippen LogP contribution in [0.2, 0.25) is 0 Å². The Bertz CT molecular complexity index is 1460. The number of hydrogen-bond acceptors (Lipinski definition) is 8. The second-order valence-corrected chi connectivity index (χ2v) is 9.91. The van der Waals surface area contributed by atoms with Crippen molar-refractivity contribution in [1.29, 1.82) is 0 Å². The Balaban J connectivity index is 1.24. The van der Waals surface area contributed by atoms with Crippen LogP contribution in [0, 0.1) is 5.82 Å². The first-order chi connectivity index (χ1) is 17.5. The number of rotatable bonds is 9. The fourth-order valence-electron chi connectivity index (χ4n) is 3.58. The van der Waals surface area contributed by atoms with Crippen molar-refractivity contribution in [2.24, 2.45) is 0 Å². The highest BCUT2D eigenvalue weighted by Gasteiger charge is 2.15. The monoisotopic (exact) mass is 523 g/mol. The number of carbonyl (C=O) groups excluding carboxylic acids is 1. The van der Waals surface area contributed by atoms with E-state index in [1.807, 2.05) is 24.3 Å². The van der Waals surface area contributed by atoms with Crippen molar-refractivity contribution in [3.63, 3.8) is 0 Å². The summed E-state index contributed by atoms with van der Waals surface area (Å²) in [7, 11) is 1.61. The lowest BCUT2D eigenvalue weighted by Crippen LogP contribution is -2.09. The molecule has 0 saturated heterocycles. The number of benzene rings is 2. The van der Waals surface area contributed by atoms with Crippen LogP contribution in [-0.2, 0) is 6.54 Å². The number of aliphatic hydroxyl groups is 1. The fourth-order valence-corrected chi connectivity index (χ4v) is 5.62. The summed E-state index contributed by atoms with van der Waals surface area (Å²) in [5.41, 5.74) is 2.43. The lowest BCUT2D eigenvalue weighted by atomic mass is 10.1. The third-order valence-corrected chi connectivity index (χ3v) is 7.46. The van der Waals surface area contributed by atoms with Gasteiger partial charge in [0.2, 0.25) is 0 Å². The number of fused-ring (bicyclic) bond motifs is 1. The second-order valence-electron chi connectivity index (χ2n) is 7.85. The summed E-state index contributed by atoms with van der Waals surface area (Å²) >= 11 is 2.74. The Hall–Kier alpha value is -3.80. The molecule has 2 aromatic carbocycles. The summed E-state index contributed by atoms with van der Waals surface area (Å²) in [6, 6.07) is 16.2. The van der Waals surface area contributed by atoms with Crippen molar-refractivity contribution in [3.8, 4) is 17.0 Å². The number of thiazole rings is 1. The topological polar surface area (TPSA) is 101 Å². The molecule has 0 spiro atoms. The van der Waals surface area contributed by atoms with Gasteiger partial charge in [-0.25, -0.2) is 9.37 Å². The van der Waals surface area contributed by atoms with Crippen LogP contribution >= 0.6 is 22.7 Å². The number of amides is 1. The quantitative estimate of drug-likeness (QED) is 0.249. The maximum atomic E-state index is 14.6. The Kier molecular flexibility index (Phi) is 6.94. The van der Waals surface area contributed by atoms with Crippen LogP contribution in [0.3, 0.4) is 0 Å². The molecule has 5 rings (SSSR count). The van der Waals surface area contributed by atoms with E-state index in [1.165, 1.54) is 28.9 Å². The Labute approximate surface area is 214 Å². The summed E-state index contributed by atoms with van der Waals surface area (Å²) in [5, 5.41) is 19.9. The standard InChI is InChI=1S/C25H22FN5O3S2/c1-34-18-8-2-15(3-9-18)13-31-14-19(26)22(30-31)16-4-6-17(7-5-16)28-23(33)20-12-21-24(35-20)29-25(36-21)27-10-11-32/h2-9,12,14,32H,10-11,13H2,1H3,(H,27,29)(H,28,33). The third-order valence-electron chi connectivity index (χ3n) is 5.34. The SMILES string of the molecule is COc1ccc(Cn2cc(F)c(-c3ccc(NC(=O)c4cc5sc(NCCO)nc5s4)cc3)n2)cc1. The highest BCUT2D eigenvalue weighted by atomic mass is 32.1. The van der Waals surface area contributed by atoms with Gasteiger partial charge in [-0.1, -0.05) is 35.6 Å². The zero-order valence-corrected chi connectivity index (χ0v) is 20.8. The van der Waals surface area contributed by atoms with Gasteiger partial charge in [0.1, 0.15) is 16.3 Å². The highest BCUT2D eigenvalue weighted by Crippen LogP contribution is 2.33. The maximum Gasteiger partial charge on any atom is 0.265 e. The van der Waals surface area contributed by atoms with E-state index in [0.29, 0.717) is 34.3 Å². The number of carbonyl (C=O) groups is 1.